The fraction of sp³-hybridized carbons (Fsp3) is 0.636. The third-order valence-corrected chi connectivity index (χ3v) is 5.86. The van der Waals surface area contributed by atoms with Gasteiger partial charge in [-0.2, -0.15) is 0 Å². The highest BCUT2D eigenvalue weighted by molar-refractivity contribution is 7.91. The van der Waals surface area contributed by atoms with Crippen LogP contribution in [0.5, 0.6) is 0 Å². The first-order valence-corrected chi connectivity index (χ1v) is 8.37. The first kappa shape index (κ1) is 14.0. The minimum Gasteiger partial charge on any atom is -0.378 e. The molecule has 0 aromatic carbocycles. The number of sulfonamides is 1. The third kappa shape index (κ3) is 3.52. The number of nitrogens with one attached hydrogen (secondary N) is 1. The van der Waals surface area contributed by atoms with Gasteiger partial charge in [0.25, 0.3) is 0 Å². The number of hydrogen-bond acceptors (Lipinski definition) is 5. The smallest absolute Gasteiger partial charge is 0.250 e. The van der Waals surface area contributed by atoms with Gasteiger partial charge in [0.1, 0.15) is 4.21 Å². The van der Waals surface area contributed by atoms with Crippen LogP contribution in [0, 0.1) is 0 Å². The van der Waals surface area contributed by atoms with Crippen LogP contribution in [0.3, 0.4) is 0 Å². The van der Waals surface area contributed by atoms with Gasteiger partial charge in [-0.15, -0.1) is 11.3 Å². The Bertz CT molecular complexity index is 478. The lowest BCUT2D eigenvalue weighted by molar-refractivity contribution is 0.105. The summed E-state index contributed by atoms with van der Waals surface area (Å²) in [5.74, 6) is 0. The van der Waals surface area contributed by atoms with Crippen LogP contribution in [-0.2, 0) is 21.3 Å². The molecule has 1 unspecified atom stereocenters. The van der Waals surface area contributed by atoms with E-state index in [1.165, 1.54) is 11.3 Å². The van der Waals surface area contributed by atoms with E-state index in [-0.39, 0.29) is 6.10 Å². The van der Waals surface area contributed by atoms with E-state index < -0.39 is 10.0 Å². The quantitative estimate of drug-likeness (QED) is 0.820. The van der Waals surface area contributed by atoms with Crippen LogP contribution in [0.2, 0.25) is 0 Å². The van der Waals surface area contributed by atoms with Crippen LogP contribution in [0.15, 0.2) is 15.7 Å². The topological polar surface area (TPSA) is 81.4 Å². The zero-order valence-corrected chi connectivity index (χ0v) is 11.7. The van der Waals surface area contributed by atoms with Gasteiger partial charge in [0.15, 0.2) is 0 Å². The van der Waals surface area contributed by atoms with Crippen molar-refractivity contribution in [1.82, 2.24) is 4.72 Å². The number of ether oxygens (including phenoxy) is 1. The molecule has 3 N–H and O–H groups in total. The van der Waals surface area contributed by atoms with Crippen molar-refractivity contribution in [3.05, 3.63) is 17.0 Å². The maximum atomic E-state index is 12.0. The summed E-state index contributed by atoms with van der Waals surface area (Å²) in [6, 6.07) is 1.62. The third-order valence-electron chi connectivity index (χ3n) is 2.91. The fourth-order valence-corrected chi connectivity index (χ4v) is 4.21. The van der Waals surface area contributed by atoms with E-state index in [0.29, 0.717) is 17.3 Å². The van der Waals surface area contributed by atoms with Crippen LogP contribution in [0.25, 0.3) is 0 Å². The largest absolute Gasteiger partial charge is 0.378 e. The summed E-state index contributed by atoms with van der Waals surface area (Å²) in [7, 11) is -3.38. The summed E-state index contributed by atoms with van der Waals surface area (Å²) >= 11 is 1.20. The van der Waals surface area contributed by atoms with E-state index in [1.807, 2.05) is 0 Å². The van der Waals surface area contributed by atoms with E-state index in [2.05, 4.69) is 4.72 Å². The van der Waals surface area contributed by atoms with Crippen molar-refractivity contribution in [2.45, 2.75) is 36.1 Å². The Balaban J connectivity index is 1.86. The summed E-state index contributed by atoms with van der Waals surface area (Å²) < 4.78 is 32.3. The maximum Gasteiger partial charge on any atom is 0.250 e. The fourth-order valence-electron chi connectivity index (χ4n) is 1.90. The highest BCUT2D eigenvalue weighted by Gasteiger charge is 2.19. The highest BCUT2D eigenvalue weighted by Crippen LogP contribution is 2.20. The molecule has 1 atom stereocenters. The number of nitrogens with two attached hydrogens (primary N) is 1. The van der Waals surface area contributed by atoms with Gasteiger partial charge in [0.2, 0.25) is 10.0 Å². The van der Waals surface area contributed by atoms with Crippen molar-refractivity contribution < 1.29 is 13.2 Å². The van der Waals surface area contributed by atoms with Crippen LogP contribution >= 0.6 is 11.3 Å². The Labute approximate surface area is 111 Å². The minimum atomic E-state index is -3.38. The molecule has 0 radical (unpaired) electrons. The zero-order chi connectivity index (χ0) is 13.0. The predicted octanol–water partition coefficient (Wildman–Crippen LogP) is 1.05. The van der Waals surface area contributed by atoms with Gasteiger partial charge in [0, 0.05) is 19.7 Å². The molecule has 2 heterocycles. The second-order valence-corrected chi connectivity index (χ2v) is 7.20. The molecule has 0 aliphatic carbocycles. The maximum absolute atomic E-state index is 12.0. The Morgan fingerprint density at radius 2 is 2.39 bits per heavy atom. The molecule has 1 fully saturated rings. The SMILES string of the molecule is NCc1csc(S(=O)(=O)NCCC2CCCO2)c1. The molecule has 2 rings (SSSR count). The normalized spacial score (nSPS) is 20.4. The average Bonchev–Trinajstić information content (AvgIpc) is 2.99. The minimum absolute atomic E-state index is 0.204. The van der Waals surface area contributed by atoms with Crippen molar-refractivity contribution in [3.8, 4) is 0 Å². The molecule has 0 bridgehead atoms. The van der Waals surface area contributed by atoms with Gasteiger partial charge in [-0.1, -0.05) is 0 Å². The Kier molecular flexibility index (Phi) is 4.74. The summed E-state index contributed by atoms with van der Waals surface area (Å²) in [4.78, 5) is 0. The van der Waals surface area contributed by atoms with Gasteiger partial charge < -0.3 is 10.5 Å². The van der Waals surface area contributed by atoms with E-state index >= 15 is 0 Å². The van der Waals surface area contributed by atoms with Gasteiger partial charge in [-0.05, 0) is 36.3 Å². The first-order valence-electron chi connectivity index (χ1n) is 6.00. The van der Waals surface area contributed by atoms with Crippen LogP contribution in [0.4, 0.5) is 0 Å². The summed E-state index contributed by atoms with van der Waals surface area (Å²) in [5, 5.41) is 1.77. The molecular weight excluding hydrogens is 272 g/mol. The Hall–Kier alpha value is -0.470. The van der Waals surface area contributed by atoms with Gasteiger partial charge in [-0.3, -0.25) is 0 Å². The summed E-state index contributed by atoms with van der Waals surface area (Å²) in [5.41, 5.74) is 6.31. The predicted molar refractivity (Wildman–Crippen MR) is 71.0 cm³/mol. The molecule has 1 aliphatic heterocycles. The monoisotopic (exact) mass is 290 g/mol. The van der Waals surface area contributed by atoms with E-state index in [1.54, 1.807) is 11.4 Å². The molecule has 1 aromatic heterocycles. The number of thiophene rings is 1. The molecule has 102 valence electrons. The van der Waals surface area contributed by atoms with Crippen molar-refractivity contribution in [3.63, 3.8) is 0 Å². The molecule has 0 spiro atoms. The van der Waals surface area contributed by atoms with Crippen molar-refractivity contribution in [2.75, 3.05) is 13.2 Å². The van der Waals surface area contributed by atoms with Crippen LogP contribution in [0.1, 0.15) is 24.8 Å². The van der Waals surface area contributed by atoms with Crippen molar-refractivity contribution >= 4 is 21.4 Å². The summed E-state index contributed by atoms with van der Waals surface area (Å²) in [6.07, 6.45) is 3.03. The molecule has 7 heteroatoms. The highest BCUT2D eigenvalue weighted by atomic mass is 32.2. The van der Waals surface area contributed by atoms with E-state index in [4.69, 9.17) is 10.5 Å². The lowest BCUT2D eigenvalue weighted by Gasteiger charge is -2.09. The Morgan fingerprint density at radius 3 is 3.00 bits per heavy atom. The average molecular weight is 290 g/mol. The first-order chi connectivity index (χ1) is 8.62. The lowest BCUT2D eigenvalue weighted by Crippen LogP contribution is -2.26. The zero-order valence-electron chi connectivity index (χ0n) is 10.1. The molecule has 5 nitrogen and oxygen atoms in total. The molecule has 1 aromatic rings. The molecule has 0 saturated carbocycles. The molecule has 0 amide bonds. The molecule has 1 aliphatic rings. The summed E-state index contributed by atoms with van der Waals surface area (Å²) in [6.45, 7) is 1.58. The molecular formula is C11H18N2O3S2. The van der Waals surface area contributed by atoms with Crippen LogP contribution < -0.4 is 10.5 Å². The van der Waals surface area contributed by atoms with Gasteiger partial charge in [-0.25, -0.2) is 13.1 Å². The van der Waals surface area contributed by atoms with E-state index in [0.717, 1.165) is 31.4 Å². The Morgan fingerprint density at radius 1 is 1.56 bits per heavy atom. The van der Waals surface area contributed by atoms with Gasteiger partial charge >= 0.3 is 0 Å². The second-order valence-electron chi connectivity index (χ2n) is 4.30. The van der Waals surface area contributed by atoms with Crippen molar-refractivity contribution in [2.24, 2.45) is 5.73 Å². The molecule has 1 saturated heterocycles. The standard InChI is InChI=1S/C11H18N2O3S2/c12-7-9-6-11(17-8-9)18(14,15)13-4-3-10-2-1-5-16-10/h6,8,10,13H,1-5,7,12H2. The number of rotatable bonds is 6. The van der Waals surface area contributed by atoms with E-state index in [9.17, 15) is 8.42 Å². The number of hydrogen-bond donors (Lipinski definition) is 2. The lowest BCUT2D eigenvalue weighted by atomic mass is 10.2. The second kappa shape index (κ2) is 6.12. The van der Waals surface area contributed by atoms with Gasteiger partial charge in [0.05, 0.1) is 6.10 Å². The van der Waals surface area contributed by atoms with Crippen molar-refractivity contribution in [1.29, 1.82) is 0 Å². The van der Waals surface area contributed by atoms with Crippen LogP contribution in [-0.4, -0.2) is 27.7 Å². The molecule has 18 heavy (non-hydrogen) atoms.